The van der Waals surface area contributed by atoms with Gasteiger partial charge in [-0.3, -0.25) is 4.79 Å². The zero-order valence-electron chi connectivity index (χ0n) is 10.8. The van der Waals surface area contributed by atoms with E-state index in [4.69, 9.17) is 4.42 Å². The summed E-state index contributed by atoms with van der Waals surface area (Å²) in [5.74, 6) is 1.35. The van der Waals surface area contributed by atoms with Gasteiger partial charge in [0.15, 0.2) is 5.13 Å². The molecule has 7 heteroatoms. The Balaban J connectivity index is 1.55. The van der Waals surface area contributed by atoms with Gasteiger partial charge in [0, 0.05) is 0 Å². The van der Waals surface area contributed by atoms with Crippen molar-refractivity contribution in [3.05, 3.63) is 48.2 Å². The number of anilines is 1. The summed E-state index contributed by atoms with van der Waals surface area (Å²) in [5.41, 5.74) is 0.680. The summed E-state index contributed by atoms with van der Waals surface area (Å²) in [7, 11) is 0. The number of nitrogens with one attached hydrogen (secondary N) is 1. The second kappa shape index (κ2) is 6.28. The van der Waals surface area contributed by atoms with Crippen LogP contribution < -0.4 is 5.32 Å². The number of benzene rings is 1. The molecule has 0 aliphatic rings. The molecule has 3 rings (SSSR count). The summed E-state index contributed by atoms with van der Waals surface area (Å²) in [5, 5.41) is 3.21. The summed E-state index contributed by atoms with van der Waals surface area (Å²) in [6.45, 7) is 0. The number of hydrogen-bond donors (Lipinski definition) is 1. The molecule has 2 aromatic heterocycles. The molecular weight excluding hydrogens is 311 g/mol. The Morgan fingerprint density at radius 1 is 1.43 bits per heavy atom. The highest BCUT2D eigenvalue weighted by Gasteiger charge is 2.09. The molecule has 0 radical (unpaired) electrons. The van der Waals surface area contributed by atoms with Gasteiger partial charge in [-0.25, -0.2) is 9.37 Å². The van der Waals surface area contributed by atoms with E-state index in [-0.39, 0.29) is 11.7 Å². The molecule has 108 valence electrons. The number of fused-ring (bicyclic) bond motifs is 1. The van der Waals surface area contributed by atoms with Crippen LogP contribution in [0.5, 0.6) is 0 Å². The van der Waals surface area contributed by atoms with Crippen molar-refractivity contribution in [3.63, 3.8) is 0 Å². The summed E-state index contributed by atoms with van der Waals surface area (Å²) in [6, 6.07) is 8.05. The van der Waals surface area contributed by atoms with Gasteiger partial charge >= 0.3 is 0 Å². The van der Waals surface area contributed by atoms with Gasteiger partial charge in [0.2, 0.25) is 5.91 Å². The minimum Gasteiger partial charge on any atom is -0.468 e. The lowest BCUT2D eigenvalue weighted by Crippen LogP contribution is -2.13. The van der Waals surface area contributed by atoms with Crippen molar-refractivity contribution in [1.82, 2.24) is 4.98 Å². The van der Waals surface area contributed by atoms with E-state index >= 15 is 0 Å². The third kappa shape index (κ3) is 3.62. The van der Waals surface area contributed by atoms with Crippen molar-refractivity contribution in [2.75, 3.05) is 11.1 Å². The Bertz CT molecular complexity index is 756. The van der Waals surface area contributed by atoms with Gasteiger partial charge in [0.05, 0.1) is 28.0 Å². The van der Waals surface area contributed by atoms with Gasteiger partial charge in [0.1, 0.15) is 11.6 Å². The quantitative estimate of drug-likeness (QED) is 0.774. The van der Waals surface area contributed by atoms with Gasteiger partial charge in [-0.15, -0.1) is 11.8 Å². The summed E-state index contributed by atoms with van der Waals surface area (Å²) in [4.78, 5) is 16.1. The number of carbonyl (C=O) groups is 1. The normalized spacial score (nSPS) is 10.9. The molecule has 0 aliphatic carbocycles. The average molecular weight is 322 g/mol. The van der Waals surface area contributed by atoms with E-state index in [1.165, 1.54) is 35.2 Å². The molecule has 21 heavy (non-hydrogen) atoms. The Labute approximate surface area is 128 Å². The first-order valence-corrected chi connectivity index (χ1v) is 8.14. The number of furan rings is 1. The third-order valence-electron chi connectivity index (χ3n) is 2.65. The van der Waals surface area contributed by atoms with Gasteiger partial charge in [0.25, 0.3) is 0 Å². The SMILES string of the molecule is O=C(CSCc1ccco1)Nc1nc2ccc(F)cc2s1. The second-order valence-corrected chi connectivity index (χ2v) is 6.27. The maximum absolute atomic E-state index is 13.1. The predicted octanol–water partition coefficient (Wildman–Crippen LogP) is 3.90. The van der Waals surface area contributed by atoms with Crippen LogP contribution in [0.1, 0.15) is 5.76 Å². The summed E-state index contributed by atoms with van der Waals surface area (Å²) >= 11 is 2.72. The molecule has 0 aliphatic heterocycles. The minimum absolute atomic E-state index is 0.133. The maximum atomic E-state index is 13.1. The van der Waals surface area contributed by atoms with E-state index in [0.717, 1.165) is 5.76 Å². The van der Waals surface area contributed by atoms with Gasteiger partial charge in [-0.05, 0) is 30.3 Å². The Kier molecular flexibility index (Phi) is 4.21. The first-order valence-electron chi connectivity index (χ1n) is 6.17. The van der Waals surface area contributed by atoms with Gasteiger partial charge in [-0.1, -0.05) is 11.3 Å². The van der Waals surface area contributed by atoms with E-state index in [2.05, 4.69) is 10.3 Å². The van der Waals surface area contributed by atoms with E-state index in [1.54, 1.807) is 12.3 Å². The topological polar surface area (TPSA) is 55.1 Å². The number of rotatable bonds is 5. The number of aromatic nitrogens is 1. The van der Waals surface area contributed by atoms with Crippen molar-refractivity contribution in [1.29, 1.82) is 0 Å². The van der Waals surface area contributed by atoms with Crippen molar-refractivity contribution >= 4 is 44.4 Å². The lowest BCUT2D eigenvalue weighted by Gasteiger charge is -2.00. The summed E-state index contributed by atoms with van der Waals surface area (Å²) < 4.78 is 19.0. The standard InChI is InChI=1S/C14H11FN2O2S2/c15-9-3-4-11-12(6-9)21-14(16-11)17-13(18)8-20-7-10-2-1-5-19-10/h1-6H,7-8H2,(H,16,17,18). The largest absolute Gasteiger partial charge is 0.468 e. The molecule has 0 saturated heterocycles. The number of thioether (sulfide) groups is 1. The number of nitrogens with zero attached hydrogens (tertiary/aromatic N) is 1. The average Bonchev–Trinajstić information content (AvgIpc) is 3.07. The lowest BCUT2D eigenvalue weighted by atomic mass is 10.3. The van der Waals surface area contributed by atoms with Crippen LogP contribution in [0.2, 0.25) is 0 Å². The van der Waals surface area contributed by atoms with Crippen LogP contribution in [-0.4, -0.2) is 16.6 Å². The fourth-order valence-electron chi connectivity index (χ4n) is 1.75. The maximum Gasteiger partial charge on any atom is 0.236 e. The molecule has 0 bridgehead atoms. The Morgan fingerprint density at radius 3 is 3.14 bits per heavy atom. The Hall–Kier alpha value is -1.86. The van der Waals surface area contributed by atoms with Crippen molar-refractivity contribution in [3.8, 4) is 0 Å². The molecule has 1 amide bonds. The predicted molar refractivity (Wildman–Crippen MR) is 83.1 cm³/mol. The van der Waals surface area contributed by atoms with Crippen LogP contribution in [0, 0.1) is 5.82 Å². The van der Waals surface area contributed by atoms with E-state index in [1.807, 2.05) is 12.1 Å². The van der Waals surface area contributed by atoms with E-state index in [0.29, 0.717) is 26.9 Å². The first-order chi connectivity index (χ1) is 10.2. The van der Waals surface area contributed by atoms with Crippen molar-refractivity contribution < 1.29 is 13.6 Å². The van der Waals surface area contributed by atoms with Crippen LogP contribution >= 0.6 is 23.1 Å². The number of thiazole rings is 1. The molecule has 0 fully saturated rings. The molecule has 0 saturated carbocycles. The van der Waals surface area contributed by atoms with Crippen LogP contribution in [0.4, 0.5) is 9.52 Å². The van der Waals surface area contributed by atoms with E-state index in [9.17, 15) is 9.18 Å². The molecule has 0 spiro atoms. The minimum atomic E-state index is -0.307. The van der Waals surface area contributed by atoms with Crippen LogP contribution in [0.3, 0.4) is 0 Å². The zero-order valence-corrected chi connectivity index (χ0v) is 12.5. The van der Waals surface area contributed by atoms with Gasteiger partial charge < -0.3 is 9.73 Å². The third-order valence-corrected chi connectivity index (χ3v) is 4.54. The lowest BCUT2D eigenvalue weighted by molar-refractivity contribution is -0.113. The van der Waals surface area contributed by atoms with Crippen molar-refractivity contribution in [2.45, 2.75) is 5.75 Å². The highest BCUT2D eigenvalue weighted by Crippen LogP contribution is 2.26. The fourth-order valence-corrected chi connectivity index (χ4v) is 3.38. The Morgan fingerprint density at radius 2 is 2.33 bits per heavy atom. The van der Waals surface area contributed by atoms with E-state index < -0.39 is 0 Å². The molecule has 2 heterocycles. The smallest absolute Gasteiger partial charge is 0.236 e. The number of halogens is 1. The molecular formula is C14H11FN2O2S2. The van der Waals surface area contributed by atoms with Gasteiger partial charge in [-0.2, -0.15) is 0 Å². The number of amides is 1. The monoisotopic (exact) mass is 322 g/mol. The van der Waals surface area contributed by atoms with Crippen molar-refractivity contribution in [2.24, 2.45) is 0 Å². The molecule has 0 unspecified atom stereocenters. The molecule has 1 aromatic carbocycles. The zero-order chi connectivity index (χ0) is 14.7. The first kappa shape index (κ1) is 14.1. The highest BCUT2D eigenvalue weighted by molar-refractivity contribution is 7.99. The van der Waals surface area contributed by atoms with Crippen LogP contribution in [0.15, 0.2) is 41.0 Å². The summed E-state index contributed by atoms with van der Waals surface area (Å²) in [6.07, 6.45) is 1.61. The number of carbonyl (C=O) groups excluding carboxylic acids is 1. The second-order valence-electron chi connectivity index (χ2n) is 4.25. The van der Waals surface area contributed by atoms with Crippen LogP contribution in [-0.2, 0) is 10.5 Å². The molecule has 1 N–H and O–H groups in total. The highest BCUT2D eigenvalue weighted by atomic mass is 32.2. The number of hydrogen-bond acceptors (Lipinski definition) is 5. The molecule has 0 atom stereocenters. The van der Waals surface area contributed by atoms with Crippen LogP contribution in [0.25, 0.3) is 10.2 Å². The molecule has 3 aromatic rings. The molecule has 4 nitrogen and oxygen atoms in total. The fraction of sp³-hybridized carbons (Fsp3) is 0.143.